The number of rotatable bonds is 0. The molecule has 3 saturated heterocycles. The molecule has 0 aliphatic carbocycles. The summed E-state index contributed by atoms with van der Waals surface area (Å²) in [5.41, 5.74) is 0. The minimum atomic E-state index is 0. The number of nitrogens with zero attached hydrogens (tertiary/aromatic N) is 5. The average Bonchev–Trinajstić information content (AvgIpc) is 3.27. The van der Waals surface area contributed by atoms with Crippen LogP contribution in [0, 0.1) is 0 Å². The molecule has 3 fully saturated rings. The van der Waals surface area contributed by atoms with Crippen LogP contribution in [0.3, 0.4) is 0 Å². The largest absolute Gasteiger partial charge is 4.00 e. The molecule has 0 N–H and O–H groups in total. The van der Waals surface area contributed by atoms with E-state index >= 15 is 0 Å². The zero-order valence-electron chi connectivity index (χ0n) is 15.1. The van der Waals surface area contributed by atoms with Crippen LogP contribution in [-0.2, 0) is 21.7 Å². The van der Waals surface area contributed by atoms with E-state index in [0.717, 1.165) is 39.3 Å². The van der Waals surface area contributed by atoms with E-state index in [1.165, 1.54) is 57.8 Å². The van der Waals surface area contributed by atoms with Crippen LogP contribution in [0.4, 0.5) is 0 Å². The fourth-order valence-electron chi connectivity index (χ4n) is 2.40. The molecule has 24 heavy (non-hydrogen) atoms. The molecule has 0 atom stereocenters. The van der Waals surface area contributed by atoms with Crippen LogP contribution in [0.2, 0.25) is 0 Å². The molecule has 134 valence electrons. The Morgan fingerprint density at radius 3 is 1.00 bits per heavy atom. The fraction of sp³-hybridized carbons (Fsp3) is 0.833. The Labute approximate surface area is 163 Å². The quantitative estimate of drug-likeness (QED) is 0.625. The van der Waals surface area contributed by atoms with Gasteiger partial charge in [-0.25, -0.2) is 0 Å². The van der Waals surface area contributed by atoms with Gasteiger partial charge in [-0.1, -0.05) is 63.9 Å². The summed E-state index contributed by atoms with van der Waals surface area (Å²) in [6, 6.07) is 1.78. The molecule has 5 nitrogen and oxygen atoms in total. The first-order valence-corrected chi connectivity index (χ1v) is 9.28. The Balaban J connectivity index is 0.000000291. The molecule has 3 aliphatic rings. The first-order valence-electron chi connectivity index (χ1n) is 9.28. The van der Waals surface area contributed by atoms with E-state index in [-0.39, 0.29) is 21.7 Å². The summed E-state index contributed by atoms with van der Waals surface area (Å²) in [7, 11) is 0. The van der Waals surface area contributed by atoms with Gasteiger partial charge in [0.1, 0.15) is 0 Å². The minimum Gasteiger partial charge on any atom is -0.662 e. The topological polar surface area (TPSA) is 69.3 Å². The number of hydrogen-bond acceptors (Lipinski definition) is 1. The van der Waals surface area contributed by atoms with E-state index in [1.54, 1.807) is 18.5 Å². The van der Waals surface area contributed by atoms with E-state index in [0.29, 0.717) is 0 Å². The smallest absolute Gasteiger partial charge is 0.662 e. The molecule has 0 spiro atoms. The van der Waals surface area contributed by atoms with Crippen LogP contribution in [-0.4, -0.2) is 44.4 Å². The van der Waals surface area contributed by atoms with Crippen molar-refractivity contribution >= 4 is 0 Å². The fourth-order valence-corrected chi connectivity index (χ4v) is 2.40. The standard InChI is InChI=1S/3C5H10N.C3H3N2.Ti/c3*1-2-4-6-5-3-1;1-2-4-5-3-1;/h3*1-5H2;1-3H;/q4*-1;+4. The Kier molecular flexibility index (Phi) is 20.7. The number of aromatic nitrogens is 2. The molecule has 0 radical (unpaired) electrons. The third-order valence-electron chi connectivity index (χ3n) is 3.77. The molecule has 1 aromatic rings. The minimum absolute atomic E-state index is 0. The molecule has 4 rings (SSSR count). The molecular weight excluding hydrogens is 334 g/mol. The van der Waals surface area contributed by atoms with Crippen molar-refractivity contribution in [2.75, 3.05) is 39.3 Å². The Morgan fingerprint density at radius 1 is 0.542 bits per heavy atom. The summed E-state index contributed by atoms with van der Waals surface area (Å²) in [4.78, 5) is 0. The molecule has 6 heteroatoms. The van der Waals surface area contributed by atoms with Gasteiger partial charge in [0.2, 0.25) is 0 Å². The van der Waals surface area contributed by atoms with Crippen molar-refractivity contribution in [3.8, 4) is 0 Å². The first kappa shape index (κ1) is 23.8. The van der Waals surface area contributed by atoms with Crippen molar-refractivity contribution in [1.29, 1.82) is 0 Å². The van der Waals surface area contributed by atoms with Gasteiger partial charge in [-0.2, -0.15) is 6.20 Å². The number of hydrogen-bond donors (Lipinski definition) is 0. The summed E-state index contributed by atoms with van der Waals surface area (Å²) in [5, 5.41) is 19.5. The van der Waals surface area contributed by atoms with Gasteiger partial charge in [0.15, 0.2) is 0 Å². The summed E-state index contributed by atoms with van der Waals surface area (Å²) in [5.74, 6) is 0. The van der Waals surface area contributed by atoms with E-state index in [2.05, 4.69) is 26.1 Å². The second-order valence-corrected chi connectivity index (χ2v) is 5.92. The summed E-state index contributed by atoms with van der Waals surface area (Å²) >= 11 is 0. The second-order valence-electron chi connectivity index (χ2n) is 5.92. The maximum atomic E-state index is 4.18. The van der Waals surface area contributed by atoms with Crippen LogP contribution in [0.5, 0.6) is 0 Å². The van der Waals surface area contributed by atoms with Crippen molar-refractivity contribution in [3.05, 3.63) is 34.4 Å². The van der Waals surface area contributed by atoms with E-state index < -0.39 is 0 Å². The molecule has 0 bridgehead atoms. The van der Waals surface area contributed by atoms with Crippen LogP contribution in [0.1, 0.15) is 57.8 Å². The molecule has 3 aliphatic heterocycles. The van der Waals surface area contributed by atoms with Crippen molar-refractivity contribution in [2.24, 2.45) is 0 Å². The molecule has 1 aromatic heterocycles. The van der Waals surface area contributed by atoms with Gasteiger partial charge in [-0.05, 0) is 0 Å². The van der Waals surface area contributed by atoms with Crippen LogP contribution < -0.4 is 5.10 Å². The molecule has 0 amide bonds. The van der Waals surface area contributed by atoms with Gasteiger partial charge in [-0.3, -0.25) is 0 Å². The Morgan fingerprint density at radius 2 is 0.917 bits per heavy atom. The predicted molar refractivity (Wildman–Crippen MR) is 98.4 cm³/mol. The monoisotopic (exact) mass is 367 g/mol. The Bertz CT molecular complexity index is 216. The van der Waals surface area contributed by atoms with Gasteiger partial charge in [0.25, 0.3) is 0 Å². The zero-order valence-corrected chi connectivity index (χ0v) is 16.6. The average molecular weight is 367 g/mol. The summed E-state index contributed by atoms with van der Waals surface area (Å²) in [6.45, 7) is 6.75. The maximum absolute atomic E-state index is 4.18. The SMILES string of the molecule is C1CC[N-]CC1.C1CC[N-]CC1.C1CC[N-]CC1.[Ti+4].c1cn[n-]c1. The summed E-state index contributed by atoms with van der Waals surface area (Å²) < 4.78 is 0. The van der Waals surface area contributed by atoms with Crippen LogP contribution in [0.15, 0.2) is 18.5 Å². The second kappa shape index (κ2) is 20.8. The van der Waals surface area contributed by atoms with Crippen molar-refractivity contribution in [2.45, 2.75) is 57.8 Å². The molecule has 4 heterocycles. The van der Waals surface area contributed by atoms with Crippen molar-refractivity contribution < 1.29 is 21.7 Å². The third-order valence-corrected chi connectivity index (χ3v) is 3.77. The van der Waals surface area contributed by atoms with Crippen LogP contribution in [0.25, 0.3) is 16.0 Å². The van der Waals surface area contributed by atoms with Crippen molar-refractivity contribution in [3.63, 3.8) is 0 Å². The van der Waals surface area contributed by atoms with E-state index in [9.17, 15) is 0 Å². The molecule has 0 saturated carbocycles. The van der Waals surface area contributed by atoms with E-state index in [4.69, 9.17) is 0 Å². The van der Waals surface area contributed by atoms with Gasteiger partial charge in [0.05, 0.1) is 0 Å². The molecule has 0 aromatic carbocycles. The summed E-state index contributed by atoms with van der Waals surface area (Å²) in [6.07, 6.45) is 15.5. The van der Waals surface area contributed by atoms with Gasteiger partial charge < -0.3 is 26.1 Å². The van der Waals surface area contributed by atoms with Crippen molar-refractivity contribution in [1.82, 2.24) is 10.2 Å². The maximum Gasteiger partial charge on any atom is 4.00 e. The Hall–Kier alpha value is -0.196. The zero-order chi connectivity index (χ0) is 16.3. The van der Waals surface area contributed by atoms with Gasteiger partial charge in [0, 0.05) is 6.20 Å². The third kappa shape index (κ3) is 18.1. The molecule has 0 unspecified atom stereocenters. The normalized spacial score (nSPS) is 19.7. The van der Waals surface area contributed by atoms with E-state index in [1.807, 2.05) is 0 Å². The molecular formula is C18H33N5Ti. The number of piperidine rings is 3. The van der Waals surface area contributed by atoms with Gasteiger partial charge in [-0.15, -0.1) is 39.3 Å². The van der Waals surface area contributed by atoms with Crippen LogP contribution >= 0.6 is 0 Å². The predicted octanol–water partition coefficient (Wildman–Crippen LogP) is 4.67. The van der Waals surface area contributed by atoms with Gasteiger partial charge >= 0.3 is 21.7 Å². The first-order chi connectivity index (χ1) is 11.5.